The molecule has 0 N–H and O–H groups in total. The molecule has 0 aliphatic carbocycles. The number of fused-ring (bicyclic) bond motifs is 7. The van der Waals surface area contributed by atoms with Gasteiger partial charge in [0.2, 0.25) is 0 Å². The molecule has 3 atom stereocenters. The van der Waals surface area contributed by atoms with Crippen LogP contribution in [0.2, 0.25) is 0 Å². The van der Waals surface area contributed by atoms with Crippen molar-refractivity contribution in [2.75, 3.05) is 0 Å². The second-order valence-electron chi connectivity index (χ2n) is 14.3. The number of hydrogen-bond acceptors (Lipinski definition) is 1. The third-order valence-electron chi connectivity index (χ3n) is 10.5. The molecule has 8 bridgehead atoms. The summed E-state index contributed by atoms with van der Waals surface area (Å²) < 4.78 is 0. The third kappa shape index (κ3) is 6.61. The van der Waals surface area contributed by atoms with Crippen LogP contribution in [0.25, 0.3) is 22.0 Å². The van der Waals surface area contributed by atoms with Crippen molar-refractivity contribution in [2.24, 2.45) is 4.99 Å². The molecule has 5 heteroatoms. The fourth-order valence-corrected chi connectivity index (χ4v) is 7.67. The summed E-state index contributed by atoms with van der Waals surface area (Å²) in [6, 6.07) is 43.3. The average molecular weight is 737 g/mol. The van der Waals surface area contributed by atoms with E-state index in [1.807, 2.05) is 0 Å². The van der Waals surface area contributed by atoms with Gasteiger partial charge in [-0.25, -0.2) is 4.99 Å². The fourth-order valence-electron chi connectivity index (χ4n) is 7.67. The van der Waals surface area contributed by atoms with Crippen molar-refractivity contribution in [1.29, 1.82) is 0 Å². The van der Waals surface area contributed by atoms with Gasteiger partial charge in [0.05, 0.1) is 11.4 Å². The van der Waals surface area contributed by atoms with Crippen LogP contribution in [0, 0.1) is 27.7 Å². The van der Waals surface area contributed by atoms with Crippen LogP contribution in [0.5, 0.6) is 0 Å². The number of hydrogen-bond donors (Lipinski definition) is 0. The van der Waals surface area contributed by atoms with Gasteiger partial charge in [0.25, 0.3) is 0 Å². The van der Waals surface area contributed by atoms with E-state index in [1.54, 1.807) is 0 Å². The number of rotatable bonds is 4. The molecule has 3 aliphatic rings. The van der Waals surface area contributed by atoms with Gasteiger partial charge in [0.1, 0.15) is 0 Å². The minimum atomic E-state index is -0.174. The summed E-state index contributed by atoms with van der Waals surface area (Å²) in [5.41, 5.74) is 16.1. The first-order chi connectivity index (χ1) is 25.4. The number of aliphatic imine (C=N–C) groups is 1. The SMILES string of the molecule is Cc1ccc(C2=C3C=CC(=N3)C(c3ccc(C)cc3)=c3ccc([n-]3)=C(c3ccc(C)cc3)C3C=CC([N-]3)C(c3ccc(C)cc3)c3ccc2[n-]3)cc1.[Zn]. The second kappa shape index (κ2) is 14.2. The monoisotopic (exact) mass is 735 g/mol. The van der Waals surface area contributed by atoms with Gasteiger partial charge < -0.3 is 15.3 Å². The largest absolute Gasteiger partial charge is 0.660 e. The Hall–Kier alpha value is -5.35. The molecule has 53 heavy (non-hydrogen) atoms. The van der Waals surface area contributed by atoms with Crippen LogP contribution in [0.4, 0.5) is 0 Å². The van der Waals surface area contributed by atoms with Gasteiger partial charge in [-0.2, -0.15) is 5.69 Å². The molecule has 0 radical (unpaired) electrons. The van der Waals surface area contributed by atoms with Crippen molar-refractivity contribution in [1.82, 2.24) is 9.97 Å². The maximum Gasteiger partial charge on any atom is 0.0704 e. The molecule has 3 unspecified atom stereocenters. The second-order valence-corrected chi connectivity index (χ2v) is 14.3. The van der Waals surface area contributed by atoms with Gasteiger partial charge >= 0.3 is 0 Å². The van der Waals surface area contributed by atoms with E-state index in [1.165, 1.54) is 27.8 Å². The number of aryl methyl sites for hydroxylation is 4. The van der Waals surface area contributed by atoms with Crippen molar-refractivity contribution < 1.29 is 19.5 Å². The van der Waals surface area contributed by atoms with Crippen LogP contribution in [0.1, 0.15) is 61.8 Å². The molecule has 0 amide bonds. The summed E-state index contributed by atoms with van der Waals surface area (Å²) in [5.74, 6) is -0.0603. The smallest absolute Gasteiger partial charge is 0.0704 e. The van der Waals surface area contributed by atoms with E-state index in [2.05, 4.69) is 173 Å². The van der Waals surface area contributed by atoms with Gasteiger partial charge in [-0.1, -0.05) is 155 Å². The van der Waals surface area contributed by atoms with E-state index in [0.29, 0.717) is 0 Å². The van der Waals surface area contributed by atoms with Crippen molar-refractivity contribution in [3.8, 4) is 0 Å². The fraction of sp³-hybridized carbons (Fsp3) is 0.146. The van der Waals surface area contributed by atoms with Crippen LogP contribution in [0.15, 0.2) is 156 Å². The summed E-state index contributed by atoms with van der Waals surface area (Å²) >= 11 is 0. The van der Waals surface area contributed by atoms with Gasteiger partial charge in [0, 0.05) is 19.5 Å². The first-order valence-corrected chi connectivity index (χ1v) is 18.1. The topological polar surface area (TPSA) is 54.7 Å². The average Bonchev–Trinajstić information content (AvgIpc) is 3.99. The maximum absolute atomic E-state index is 5.58. The van der Waals surface area contributed by atoms with E-state index in [-0.39, 0.29) is 37.5 Å². The zero-order valence-electron chi connectivity index (χ0n) is 30.6. The minimum absolute atomic E-state index is 0. The minimum Gasteiger partial charge on any atom is -0.660 e. The Morgan fingerprint density at radius 1 is 0.509 bits per heavy atom. The zero-order valence-corrected chi connectivity index (χ0v) is 33.6. The predicted molar refractivity (Wildman–Crippen MR) is 213 cm³/mol. The van der Waals surface area contributed by atoms with Gasteiger partial charge in [-0.05, 0) is 79.2 Å². The normalized spacial score (nSPS) is 19.1. The van der Waals surface area contributed by atoms with E-state index < -0.39 is 0 Å². The summed E-state index contributed by atoms with van der Waals surface area (Å²) in [4.78, 5) is 16.2. The maximum atomic E-state index is 5.58. The van der Waals surface area contributed by atoms with E-state index >= 15 is 0 Å². The number of nitrogens with zero attached hydrogens (tertiary/aromatic N) is 4. The van der Waals surface area contributed by atoms with Crippen LogP contribution >= 0.6 is 0 Å². The molecule has 9 rings (SSSR count). The molecular weight excluding hydrogens is 698 g/mol. The number of allylic oxidation sites excluding steroid dienone is 2. The first kappa shape index (κ1) is 34.7. The molecule has 3 aliphatic heterocycles. The Morgan fingerprint density at radius 3 is 1.72 bits per heavy atom. The Labute approximate surface area is 324 Å². The molecule has 0 fully saturated rings. The number of aromatic nitrogens is 2. The molecule has 0 saturated carbocycles. The van der Waals surface area contributed by atoms with E-state index in [9.17, 15) is 0 Å². The molecule has 4 nitrogen and oxygen atoms in total. The zero-order chi connectivity index (χ0) is 35.3. The predicted octanol–water partition coefficient (Wildman–Crippen LogP) is 8.53. The molecule has 4 aromatic carbocycles. The summed E-state index contributed by atoms with van der Waals surface area (Å²) in [7, 11) is 0. The third-order valence-corrected chi connectivity index (χ3v) is 10.5. The van der Waals surface area contributed by atoms with E-state index in [4.69, 9.17) is 20.3 Å². The van der Waals surface area contributed by atoms with Gasteiger partial charge in [0.15, 0.2) is 0 Å². The number of benzene rings is 4. The van der Waals surface area contributed by atoms with Crippen molar-refractivity contribution in [3.63, 3.8) is 0 Å². The van der Waals surface area contributed by atoms with Crippen LogP contribution in [0.3, 0.4) is 0 Å². The summed E-state index contributed by atoms with van der Waals surface area (Å²) in [6.07, 6.45) is 8.81. The van der Waals surface area contributed by atoms with Crippen LogP contribution in [-0.4, -0.2) is 17.8 Å². The summed E-state index contributed by atoms with van der Waals surface area (Å²) in [6.45, 7) is 8.50. The van der Waals surface area contributed by atoms with Crippen LogP contribution < -0.4 is 20.7 Å². The summed E-state index contributed by atoms with van der Waals surface area (Å²) in [5, 5.41) is 7.39. The Morgan fingerprint density at radius 2 is 1.08 bits per heavy atom. The van der Waals surface area contributed by atoms with Crippen LogP contribution in [-0.2, 0) is 19.5 Å². The van der Waals surface area contributed by atoms with E-state index in [0.717, 1.165) is 66.9 Å². The molecule has 256 valence electrons. The first-order valence-electron chi connectivity index (χ1n) is 18.1. The van der Waals surface area contributed by atoms with Crippen molar-refractivity contribution in [2.45, 2.75) is 45.7 Å². The Bertz CT molecular complexity index is 2560. The van der Waals surface area contributed by atoms with Crippen molar-refractivity contribution in [3.05, 3.63) is 223 Å². The standard InChI is InChI=1S/C48H39N4.Zn/c1-29-5-13-33(14-6-29)45-37-21-23-39(49-37)46(34-15-7-30(2)8-16-34)41-25-27-43(51-41)48(36-19-11-32(4)12-20-36)44-28-26-42(52-44)47(40-24-22-38(45)50-40)35-17-9-31(3)10-18-35;/h5-28,37,39,45H,1-4H3;/q-3;. The molecule has 6 aromatic rings. The molecule has 5 heterocycles. The molecule has 0 saturated heterocycles. The molecule has 2 aromatic heterocycles. The Balaban J connectivity index is 0.00000400. The molecule has 0 spiro atoms. The van der Waals surface area contributed by atoms with Crippen molar-refractivity contribution >= 4 is 22.4 Å². The van der Waals surface area contributed by atoms with Gasteiger partial charge in [-0.3, -0.25) is 0 Å². The Kier molecular flexibility index (Phi) is 9.33. The molecular formula is C48H39N4Zn-3. The van der Waals surface area contributed by atoms with Gasteiger partial charge in [-0.15, -0.1) is 34.6 Å². The quantitative estimate of drug-likeness (QED) is 0.135.